The Balaban J connectivity index is 2.71. The second-order valence-electron chi connectivity index (χ2n) is 3.29. The maximum absolute atomic E-state index is 10.6. The maximum atomic E-state index is 10.6. The molecule has 0 fully saturated rings. The smallest absolute Gasteiger partial charge is 0.270 e. The Hall–Kier alpha value is -2.68. The van der Waals surface area contributed by atoms with Crippen molar-refractivity contribution in [3.8, 4) is 11.9 Å². The summed E-state index contributed by atoms with van der Waals surface area (Å²) in [4.78, 5) is 14.2. The molecule has 0 amide bonds. The lowest BCUT2D eigenvalue weighted by molar-refractivity contribution is -0.384. The normalized spacial score (nSPS) is 9.88. The van der Waals surface area contributed by atoms with Crippen LogP contribution in [-0.2, 0) is 0 Å². The predicted molar refractivity (Wildman–Crippen MR) is 59.7 cm³/mol. The highest BCUT2D eigenvalue weighted by atomic mass is 16.6. The lowest BCUT2D eigenvalue weighted by Crippen LogP contribution is -1.94. The summed E-state index contributed by atoms with van der Waals surface area (Å²) in [6.45, 7) is 0. The molecule has 1 aromatic heterocycles. The van der Waals surface area contributed by atoms with Crippen LogP contribution >= 0.6 is 0 Å². The number of hydrogen-bond acceptors (Lipinski definition) is 5. The molecule has 0 saturated heterocycles. The van der Waals surface area contributed by atoms with E-state index in [2.05, 4.69) is 4.98 Å². The molecule has 1 aromatic carbocycles. The molecule has 0 saturated carbocycles. The van der Waals surface area contributed by atoms with E-state index in [4.69, 9.17) is 10.00 Å². The van der Waals surface area contributed by atoms with Gasteiger partial charge in [0.2, 0.25) is 5.88 Å². The Kier molecular flexibility index (Phi) is 2.58. The molecule has 6 nitrogen and oxygen atoms in total. The van der Waals surface area contributed by atoms with Crippen LogP contribution in [0.25, 0.3) is 10.9 Å². The van der Waals surface area contributed by atoms with Crippen molar-refractivity contribution in [3.05, 3.63) is 39.9 Å². The van der Waals surface area contributed by atoms with Crippen LogP contribution in [0.2, 0.25) is 0 Å². The molecule has 0 unspecified atom stereocenters. The largest absolute Gasteiger partial charge is 0.480 e. The molecule has 2 rings (SSSR count). The number of nitro benzene ring substituents is 1. The first-order chi connectivity index (χ1) is 8.15. The number of nitrogens with zero attached hydrogens (tertiary/aromatic N) is 3. The van der Waals surface area contributed by atoms with Gasteiger partial charge in [0.05, 0.1) is 17.5 Å². The summed E-state index contributed by atoms with van der Waals surface area (Å²) in [6, 6.07) is 7.72. The second-order valence-corrected chi connectivity index (χ2v) is 3.29. The summed E-state index contributed by atoms with van der Waals surface area (Å²) < 4.78 is 4.95. The standard InChI is InChI=1S/C11H7N3O3/c1-17-11-8(6-12)4-7-5-9(14(15)16)2-3-10(7)13-11/h2-5H,1H3. The van der Waals surface area contributed by atoms with Gasteiger partial charge in [-0.15, -0.1) is 0 Å². The molecule has 0 spiro atoms. The minimum atomic E-state index is -0.490. The summed E-state index contributed by atoms with van der Waals surface area (Å²) in [6.07, 6.45) is 0. The number of ether oxygens (including phenoxy) is 1. The van der Waals surface area contributed by atoms with E-state index in [1.807, 2.05) is 6.07 Å². The van der Waals surface area contributed by atoms with Crippen LogP contribution in [0, 0.1) is 21.4 Å². The molecular weight excluding hydrogens is 222 g/mol. The Labute approximate surface area is 96.2 Å². The first-order valence-corrected chi connectivity index (χ1v) is 4.69. The fraction of sp³-hybridized carbons (Fsp3) is 0.0909. The number of pyridine rings is 1. The molecule has 17 heavy (non-hydrogen) atoms. The zero-order valence-electron chi connectivity index (χ0n) is 8.88. The van der Waals surface area contributed by atoms with Gasteiger partial charge >= 0.3 is 0 Å². The van der Waals surface area contributed by atoms with Crippen LogP contribution in [0.3, 0.4) is 0 Å². The van der Waals surface area contributed by atoms with Crippen LogP contribution in [0.1, 0.15) is 5.56 Å². The van der Waals surface area contributed by atoms with Gasteiger partial charge in [-0.3, -0.25) is 10.1 Å². The number of fused-ring (bicyclic) bond motifs is 1. The molecule has 0 atom stereocenters. The number of non-ortho nitro benzene ring substituents is 1. The molecule has 84 valence electrons. The van der Waals surface area contributed by atoms with E-state index in [9.17, 15) is 10.1 Å². The monoisotopic (exact) mass is 229 g/mol. The molecule has 0 radical (unpaired) electrons. The molecule has 0 aliphatic heterocycles. The van der Waals surface area contributed by atoms with Crippen molar-refractivity contribution >= 4 is 16.6 Å². The minimum Gasteiger partial charge on any atom is -0.480 e. The molecule has 6 heteroatoms. The Morgan fingerprint density at radius 3 is 2.82 bits per heavy atom. The van der Waals surface area contributed by atoms with Gasteiger partial charge < -0.3 is 4.74 Å². The predicted octanol–water partition coefficient (Wildman–Crippen LogP) is 2.02. The Morgan fingerprint density at radius 1 is 1.47 bits per heavy atom. The first-order valence-electron chi connectivity index (χ1n) is 4.69. The van der Waals surface area contributed by atoms with E-state index in [1.54, 1.807) is 0 Å². The van der Waals surface area contributed by atoms with Crippen molar-refractivity contribution in [2.24, 2.45) is 0 Å². The van der Waals surface area contributed by atoms with Crippen molar-refractivity contribution in [1.29, 1.82) is 5.26 Å². The van der Waals surface area contributed by atoms with E-state index in [1.165, 1.54) is 31.4 Å². The van der Waals surface area contributed by atoms with Crippen molar-refractivity contribution < 1.29 is 9.66 Å². The molecule has 0 bridgehead atoms. The number of nitriles is 1. The Morgan fingerprint density at radius 2 is 2.24 bits per heavy atom. The highest BCUT2D eigenvalue weighted by molar-refractivity contribution is 5.83. The molecular formula is C11H7N3O3. The quantitative estimate of drug-likeness (QED) is 0.580. The third-order valence-corrected chi connectivity index (χ3v) is 2.29. The van der Waals surface area contributed by atoms with Gasteiger partial charge in [0.1, 0.15) is 11.6 Å². The van der Waals surface area contributed by atoms with Crippen LogP contribution in [0.5, 0.6) is 5.88 Å². The van der Waals surface area contributed by atoms with Crippen molar-refractivity contribution in [1.82, 2.24) is 4.98 Å². The molecule has 2 aromatic rings. The van der Waals surface area contributed by atoms with Crippen LogP contribution < -0.4 is 4.74 Å². The average molecular weight is 229 g/mol. The van der Waals surface area contributed by atoms with Gasteiger partial charge in [-0.25, -0.2) is 4.98 Å². The third kappa shape index (κ3) is 1.86. The van der Waals surface area contributed by atoms with E-state index in [0.29, 0.717) is 10.9 Å². The zero-order valence-corrected chi connectivity index (χ0v) is 8.88. The van der Waals surface area contributed by atoms with Crippen molar-refractivity contribution in [2.45, 2.75) is 0 Å². The average Bonchev–Trinajstić information content (AvgIpc) is 2.36. The van der Waals surface area contributed by atoms with Gasteiger partial charge in [0.15, 0.2) is 0 Å². The highest BCUT2D eigenvalue weighted by Gasteiger charge is 2.10. The Bertz CT molecular complexity index is 646. The highest BCUT2D eigenvalue weighted by Crippen LogP contribution is 2.24. The fourth-order valence-corrected chi connectivity index (χ4v) is 1.50. The number of rotatable bonds is 2. The van der Waals surface area contributed by atoms with Gasteiger partial charge in [0.25, 0.3) is 5.69 Å². The van der Waals surface area contributed by atoms with E-state index < -0.39 is 4.92 Å². The number of aromatic nitrogens is 1. The lowest BCUT2D eigenvalue weighted by atomic mass is 10.1. The number of methoxy groups -OCH3 is 1. The minimum absolute atomic E-state index is 0.0339. The van der Waals surface area contributed by atoms with Gasteiger partial charge in [0, 0.05) is 17.5 Å². The van der Waals surface area contributed by atoms with Crippen LogP contribution in [0.15, 0.2) is 24.3 Å². The first kappa shape index (κ1) is 10.8. The second kappa shape index (κ2) is 4.06. The number of hydrogen-bond donors (Lipinski definition) is 0. The summed E-state index contributed by atoms with van der Waals surface area (Å²) in [5.41, 5.74) is 0.764. The van der Waals surface area contributed by atoms with E-state index >= 15 is 0 Å². The third-order valence-electron chi connectivity index (χ3n) is 2.29. The molecule has 0 aliphatic carbocycles. The number of nitro groups is 1. The summed E-state index contributed by atoms with van der Waals surface area (Å²) >= 11 is 0. The van der Waals surface area contributed by atoms with E-state index in [-0.39, 0.29) is 17.1 Å². The lowest BCUT2D eigenvalue weighted by Gasteiger charge is -2.03. The van der Waals surface area contributed by atoms with Crippen LogP contribution in [-0.4, -0.2) is 17.0 Å². The summed E-state index contributed by atoms with van der Waals surface area (Å²) in [7, 11) is 1.42. The zero-order chi connectivity index (χ0) is 12.4. The van der Waals surface area contributed by atoms with Crippen molar-refractivity contribution in [3.63, 3.8) is 0 Å². The van der Waals surface area contributed by atoms with Gasteiger partial charge in [-0.05, 0) is 12.1 Å². The molecule has 1 heterocycles. The van der Waals surface area contributed by atoms with Crippen molar-refractivity contribution in [2.75, 3.05) is 7.11 Å². The van der Waals surface area contributed by atoms with Crippen LogP contribution in [0.4, 0.5) is 5.69 Å². The number of benzene rings is 1. The SMILES string of the molecule is COc1nc2ccc([N+](=O)[O-])cc2cc1C#N. The van der Waals surface area contributed by atoms with E-state index in [0.717, 1.165) is 0 Å². The van der Waals surface area contributed by atoms with Gasteiger partial charge in [-0.2, -0.15) is 5.26 Å². The topological polar surface area (TPSA) is 89.1 Å². The fourth-order valence-electron chi connectivity index (χ4n) is 1.50. The summed E-state index contributed by atoms with van der Waals surface area (Å²) in [5, 5.41) is 20.0. The molecule has 0 N–H and O–H groups in total. The maximum Gasteiger partial charge on any atom is 0.270 e. The molecule has 0 aliphatic rings. The summed E-state index contributed by atoms with van der Waals surface area (Å²) in [5.74, 6) is 0.217. The van der Waals surface area contributed by atoms with Gasteiger partial charge in [-0.1, -0.05) is 0 Å².